The van der Waals surface area contributed by atoms with E-state index in [4.69, 9.17) is 0 Å². The van der Waals surface area contributed by atoms with Gasteiger partial charge in [-0.05, 0) is 25.2 Å². The van der Waals surface area contributed by atoms with Crippen molar-refractivity contribution < 1.29 is 15.3 Å². The minimum absolute atomic E-state index is 0.0203. The number of anilines is 1. The van der Waals surface area contributed by atoms with Crippen LogP contribution in [-0.2, 0) is 0 Å². The average Bonchev–Trinajstić information content (AvgIpc) is 3.07. The highest BCUT2D eigenvalue weighted by molar-refractivity contribution is 5.83. The maximum atomic E-state index is 10.3. The second-order valence-corrected chi connectivity index (χ2v) is 7.35. The number of aromatic nitrogens is 4. The molecule has 0 amide bonds. The monoisotopic (exact) mass is 331 g/mol. The summed E-state index contributed by atoms with van der Waals surface area (Å²) in [6.07, 6.45) is 4.76. The second-order valence-electron chi connectivity index (χ2n) is 7.35. The van der Waals surface area contributed by atoms with Crippen LogP contribution in [0.15, 0.2) is 12.7 Å². The van der Waals surface area contributed by atoms with Crippen molar-refractivity contribution in [1.29, 1.82) is 0 Å². The number of hydrogen-bond acceptors (Lipinski definition) is 7. The van der Waals surface area contributed by atoms with Crippen molar-refractivity contribution in [2.45, 2.75) is 43.6 Å². The van der Waals surface area contributed by atoms with Crippen molar-refractivity contribution in [3.63, 3.8) is 0 Å². The Kier molecular flexibility index (Phi) is 3.10. The van der Waals surface area contributed by atoms with Gasteiger partial charge in [-0.3, -0.25) is 0 Å². The highest BCUT2D eigenvalue weighted by Crippen LogP contribution is 2.55. The molecule has 0 saturated heterocycles. The van der Waals surface area contributed by atoms with E-state index in [0.717, 1.165) is 30.6 Å². The summed E-state index contributed by atoms with van der Waals surface area (Å²) in [5, 5.41) is 33.7. The molecule has 3 aliphatic rings. The number of rotatable bonds is 4. The van der Waals surface area contributed by atoms with Crippen LogP contribution in [0.4, 0.5) is 5.82 Å². The van der Waals surface area contributed by atoms with Crippen LogP contribution in [0.2, 0.25) is 0 Å². The molecule has 24 heavy (non-hydrogen) atoms. The molecule has 2 heterocycles. The first kappa shape index (κ1) is 14.6. The Bertz CT molecular complexity index is 774. The van der Waals surface area contributed by atoms with Gasteiger partial charge in [-0.1, -0.05) is 0 Å². The van der Waals surface area contributed by atoms with Crippen LogP contribution in [0.3, 0.4) is 0 Å². The lowest BCUT2D eigenvalue weighted by molar-refractivity contribution is -0.0621. The topological polar surface area (TPSA) is 116 Å². The molecular formula is C16H21N5O3. The smallest absolute Gasteiger partial charge is 0.165 e. The Morgan fingerprint density at radius 3 is 2.67 bits per heavy atom. The Hall–Kier alpha value is -1.77. The zero-order valence-electron chi connectivity index (χ0n) is 13.2. The third-order valence-corrected chi connectivity index (χ3v) is 6.01. The lowest BCUT2D eigenvalue weighted by Crippen LogP contribution is -2.44. The molecule has 3 aliphatic carbocycles. The zero-order chi connectivity index (χ0) is 16.4. The normalized spacial score (nSPS) is 38.1. The van der Waals surface area contributed by atoms with Gasteiger partial charge >= 0.3 is 0 Å². The predicted octanol–water partition coefficient (Wildman–Crippen LogP) is -0.0783. The molecule has 6 atom stereocenters. The van der Waals surface area contributed by atoms with Gasteiger partial charge in [0.15, 0.2) is 11.5 Å². The fourth-order valence-electron chi connectivity index (χ4n) is 4.69. The van der Waals surface area contributed by atoms with Gasteiger partial charge in [0.25, 0.3) is 0 Å². The molecule has 2 bridgehead atoms. The molecule has 128 valence electrons. The van der Waals surface area contributed by atoms with Crippen molar-refractivity contribution in [1.82, 2.24) is 19.5 Å². The summed E-state index contributed by atoms with van der Waals surface area (Å²) >= 11 is 0. The number of aliphatic hydroxyl groups excluding tert-OH is 3. The predicted molar refractivity (Wildman–Crippen MR) is 85.2 cm³/mol. The van der Waals surface area contributed by atoms with E-state index in [0.29, 0.717) is 11.7 Å². The fourth-order valence-corrected chi connectivity index (χ4v) is 4.69. The molecule has 0 radical (unpaired) electrons. The molecule has 4 N–H and O–H groups in total. The van der Waals surface area contributed by atoms with E-state index in [1.807, 2.05) is 4.57 Å². The van der Waals surface area contributed by atoms with E-state index in [1.54, 1.807) is 6.33 Å². The number of imidazole rings is 1. The highest BCUT2D eigenvalue weighted by Gasteiger charge is 2.58. The second kappa shape index (κ2) is 5.11. The molecule has 0 aliphatic heterocycles. The standard InChI is InChI=1S/C16H21N5O3/c22-4-10-8-3-9(14(24)13(8)23)12(10)21-6-19-11-15(20-7-1-2-7)17-5-18-16(11)21/h5-10,12-14,22-24H,1-4H2,(H,17,18,20)/t8-,9+,10+,12+,13-,14+/m1/s1. The first-order chi connectivity index (χ1) is 11.7. The van der Waals surface area contributed by atoms with E-state index >= 15 is 0 Å². The van der Waals surface area contributed by atoms with Crippen LogP contribution in [-0.4, -0.2) is 59.7 Å². The summed E-state index contributed by atoms with van der Waals surface area (Å²) in [6.45, 7) is -0.0203. The molecule has 3 saturated carbocycles. The molecule has 3 fully saturated rings. The Balaban J connectivity index is 1.57. The molecule has 0 spiro atoms. The lowest BCUT2D eigenvalue weighted by atomic mass is 9.81. The SMILES string of the molecule is OC[C@H]1[C@H]2C[C@H]([C@H](O)[C@@H]2O)[C@@H]1n1cnc2c(NC3CC3)ncnc21. The van der Waals surface area contributed by atoms with Gasteiger partial charge in [-0.15, -0.1) is 0 Å². The lowest BCUT2D eigenvalue weighted by Gasteiger charge is -2.36. The van der Waals surface area contributed by atoms with Crippen molar-refractivity contribution in [3.8, 4) is 0 Å². The molecular weight excluding hydrogens is 310 g/mol. The van der Waals surface area contributed by atoms with Crippen LogP contribution in [0, 0.1) is 17.8 Å². The maximum Gasteiger partial charge on any atom is 0.165 e. The number of hydrogen-bond donors (Lipinski definition) is 4. The van der Waals surface area contributed by atoms with Gasteiger partial charge in [-0.2, -0.15) is 0 Å². The summed E-state index contributed by atoms with van der Waals surface area (Å²) < 4.78 is 1.95. The summed E-state index contributed by atoms with van der Waals surface area (Å²) in [6, 6.07) is 0.366. The number of nitrogens with zero attached hydrogens (tertiary/aromatic N) is 4. The molecule has 0 aromatic carbocycles. The molecule has 8 heteroatoms. The molecule has 2 aromatic rings. The largest absolute Gasteiger partial charge is 0.396 e. The van der Waals surface area contributed by atoms with Crippen LogP contribution < -0.4 is 5.32 Å². The third kappa shape index (κ3) is 1.93. The fraction of sp³-hybridized carbons (Fsp3) is 0.688. The van der Waals surface area contributed by atoms with Crippen LogP contribution in [0.1, 0.15) is 25.3 Å². The summed E-state index contributed by atoms with van der Waals surface area (Å²) in [5.74, 6) is 0.476. The van der Waals surface area contributed by atoms with E-state index in [9.17, 15) is 15.3 Å². The summed E-state index contributed by atoms with van der Waals surface area (Å²) in [4.78, 5) is 13.2. The van der Waals surface area contributed by atoms with Crippen molar-refractivity contribution in [2.75, 3.05) is 11.9 Å². The van der Waals surface area contributed by atoms with Gasteiger partial charge < -0.3 is 25.2 Å². The molecule has 0 unspecified atom stereocenters. The van der Waals surface area contributed by atoms with E-state index in [-0.39, 0.29) is 30.4 Å². The minimum Gasteiger partial charge on any atom is -0.396 e. The minimum atomic E-state index is -0.758. The van der Waals surface area contributed by atoms with Gasteiger partial charge in [0.05, 0.1) is 18.5 Å². The Morgan fingerprint density at radius 2 is 1.92 bits per heavy atom. The summed E-state index contributed by atoms with van der Waals surface area (Å²) in [5.41, 5.74) is 1.43. The van der Waals surface area contributed by atoms with Crippen LogP contribution in [0.5, 0.6) is 0 Å². The molecule has 8 nitrogen and oxygen atoms in total. The molecule has 5 rings (SSSR count). The van der Waals surface area contributed by atoms with Crippen molar-refractivity contribution in [2.24, 2.45) is 17.8 Å². The summed E-state index contributed by atoms with van der Waals surface area (Å²) in [7, 11) is 0. The van der Waals surface area contributed by atoms with Crippen molar-refractivity contribution >= 4 is 17.0 Å². The first-order valence-corrected chi connectivity index (χ1v) is 8.60. The number of nitrogens with one attached hydrogen (secondary N) is 1. The van der Waals surface area contributed by atoms with E-state index in [1.165, 1.54) is 6.33 Å². The Morgan fingerprint density at radius 1 is 1.12 bits per heavy atom. The van der Waals surface area contributed by atoms with Crippen LogP contribution in [0.25, 0.3) is 11.2 Å². The first-order valence-electron chi connectivity index (χ1n) is 8.60. The highest BCUT2D eigenvalue weighted by atomic mass is 16.3. The van der Waals surface area contributed by atoms with E-state index < -0.39 is 12.2 Å². The quantitative estimate of drug-likeness (QED) is 0.619. The third-order valence-electron chi connectivity index (χ3n) is 6.01. The Labute approximate surface area is 138 Å². The number of fused-ring (bicyclic) bond motifs is 3. The van der Waals surface area contributed by atoms with Gasteiger partial charge in [0, 0.05) is 30.5 Å². The van der Waals surface area contributed by atoms with E-state index in [2.05, 4.69) is 20.3 Å². The van der Waals surface area contributed by atoms with Gasteiger partial charge in [0.2, 0.25) is 0 Å². The van der Waals surface area contributed by atoms with Gasteiger partial charge in [0.1, 0.15) is 11.8 Å². The van der Waals surface area contributed by atoms with Gasteiger partial charge in [-0.25, -0.2) is 15.0 Å². The molecule has 2 aromatic heterocycles. The van der Waals surface area contributed by atoms with Crippen molar-refractivity contribution in [3.05, 3.63) is 12.7 Å². The maximum absolute atomic E-state index is 10.3. The number of aliphatic hydroxyl groups is 3. The zero-order valence-corrected chi connectivity index (χ0v) is 13.2. The average molecular weight is 331 g/mol. The van der Waals surface area contributed by atoms with Crippen LogP contribution >= 0.6 is 0 Å².